The minimum Gasteiger partial charge on any atom is -0.437 e. The summed E-state index contributed by atoms with van der Waals surface area (Å²) in [6.07, 6.45) is 2.99. The van der Waals surface area contributed by atoms with E-state index in [0.717, 1.165) is 35.0 Å². The van der Waals surface area contributed by atoms with Crippen LogP contribution in [0.15, 0.2) is 28.7 Å². The van der Waals surface area contributed by atoms with E-state index in [1.165, 1.54) is 0 Å². The summed E-state index contributed by atoms with van der Waals surface area (Å²) in [6.45, 7) is 0. The number of nitrogens with two attached hydrogens (primary N) is 1. The van der Waals surface area contributed by atoms with Crippen molar-refractivity contribution in [1.82, 2.24) is 4.98 Å². The number of halogens is 2. The van der Waals surface area contributed by atoms with Crippen LogP contribution in [0.3, 0.4) is 0 Å². The molecule has 0 saturated carbocycles. The van der Waals surface area contributed by atoms with Gasteiger partial charge in [0.25, 0.3) is 0 Å². The zero-order chi connectivity index (χ0) is 15.0. The second-order valence-electron chi connectivity index (χ2n) is 4.89. The van der Waals surface area contributed by atoms with Gasteiger partial charge in [0.2, 0.25) is 5.88 Å². The first-order valence-electron chi connectivity index (χ1n) is 6.54. The van der Waals surface area contributed by atoms with E-state index in [4.69, 9.17) is 27.5 Å². The number of benzene rings is 1. The summed E-state index contributed by atoms with van der Waals surface area (Å²) < 4.78 is 6.57. The van der Waals surface area contributed by atoms with Gasteiger partial charge in [-0.3, -0.25) is 5.41 Å². The molecule has 0 radical (unpaired) electrons. The molecule has 3 rings (SSSR count). The molecule has 3 N–H and O–H groups in total. The van der Waals surface area contributed by atoms with Crippen molar-refractivity contribution < 1.29 is 4.74 Å². The fourth-order valence-electron chi connectivity index (χ4n) is 2.39. The van der Waals surface area contributed by atoms with Crippen molar-refractivity contribution in [1.29, 1.82) is 5.41 Å². The smallest absolute Gasteiger partial charge is 0.230 e. The maximum atomic E-state index is 7.72. The third-order valence-corrected chi connectivity index (χ3v) is 4.26. The minimum absolute atomic E-state index is 0.0442. The summed E-state index contributed by atoms with van der Waals surface area (Å²) in [5.41, 5.74) is 8.36. The number of pyridine rings is 1. The van der Waals surface area contributed by atoms with E-state index in [9.17, 15) is 0 Å². The van der Waals surface area contributed by atoms with Crippen LogP contribution in [0.2, 0.25) is 5.02 Å². The Morgan fingerprint density at radius 2 is 2.14 bits per heavy atom. The van der Waals surface area contributed by atoms with Gasteiger partial charge in [0.15, 0.2) is 0 Å². The van der Waals surface area contributed by atoms with E-state index >= 15 is 0 Å². The Kier molecular flexibility index (Phi) is 3.87. The van der Waals surface area contributed by atoms with E-state index in [1.807, 2.05) is 6.07 Å². The highest BCUT2D eigenvalue weighted by atomic mass is 79.9. The van der Waals surface area contributed by atoms with E-state index in [-0.39, 0.29) is 5.84 Å². The van der Waals surface area contributed by atoms with Crippen LogP contribution in [0.25, 0.3) is 0 Å². The summed E-state index contributed by atoms with van der Waals surface area (Å²) in [5, 5.41) is 8.33. The van der Waals surface area contributed by atoms with Gasteiger partial charge in [-0.25, -0.2) is 4.98 Å². The SMILES string of the molecule is N=C(N)c1cc2c(nc1Oc1ccc(Cl)cc1Br)CCC2. The number of aryl methyl sites for hydroxylation is 2. The summed E-state index contributed by atoms with van der Waals surface area (Å²) in [7, 11) is 0. The van der Waals surface area contributed by atoms with Crippen LogP contribution < -0.4 is 10.5 Å². The van der Waals surface area contributed by atoms with Gasteiger partial charge < -0.3 is 10.5 Å². The standard InChI is InChI=1S/C15H13BrClN3O/c16-11-7-9(17)4-5-13(11)21-15-10(14(18)19)6-8-2-1-3-12(8)20-15/h4-7H,1-3H2,(H3,18,19). The summed E-state index contributed by atoms with van der Waals surface area (Å²) >= 11 is 9.33. The second-order valence-corrected chi connectivity index (χ2v) is 6.18. The van der Waals surface area contributed by atoms with Gasteiger partial charge >= 0.3 is 0 Å². The van der Waals surface area contributed by atoms with Crippen molar-refractivity contribution in [3.05, 3.63) is 50.6 Å². The number of amidine groups is 1. The number of nitrogens with one attached hydrogen (secondary N) is 1. The fourth-order valence-corrected chi connectivity index (χ4v) is 3.15. The lowest BCUT2D eigenvalue weighted by molar-refractivity contribution is 0.457. The number of nitrogen functional groups attached to an aromatic ring is 1. The van der Waals surface area contributed by atoms with Gasteiger partial charge in [0, 0.05) is 10.7 Å². The van der Waals surface area contributed by atoms with E-state index in [1.54, 1.807) is 18.2 Å². The van der Waals surface area contributed by atoms with Crippen LogP contribution in [0.5, 0.6) is 11.6 Å². The Balaban J connectivity index is 2.03. The predicted molar refractivity (Wildman–Crippen MR) is 86.5 cm³/mol. The molecule has 1 aromatic carbocycles. The predicted octanol–water partition coefficient (Wildman–Crippen LogP) is 4.06. The minimum atomic E-state index is -0.0442. The van der Waals surface area contributed by atoms with Crippen LogP contribution in [-0.4, -0.2) is 10.8 Å². The zero-order valence-electron chi connectivity index (χ0n) is 11.1. The van der Waals surface area contributed by atoms with Crippen LogP contribution >= 0.6 is 27.5 Å². The molecule has 1 aliphatic rings. The van der Waals surface area contributed by atoms with Crippen LogP contribution in [0, 0.1) is 5.41 Å². The zero-order valence-corrected chi connectivity index (χ0v) is 13.5. The Bertz CT molecular complexity index is 733. The average molecular weight is 367 g/mol. The van der Waals surface area contributed by atoms with Gasteiger partial charge in [-0.2, -0.15) is 0 Å². The maximum Gasteiger partial charge on any atom is 0.230 e. The molecule has 0 aliphatic heterocycles. The van der Waals surface area contributed by atoms with E-state index < -0.39 is 0 Å². The molecule has 0 fully saturated rings. The summed E-state index contributed by atoms with van der Waals surface area (Å²) in [5.74, 6) is 0.913. The second kappa shape index (κ2) is 5.66. The fraction of sp³-hybridized carbons (Fsp3) is 0.200. The highest BCUT2D eigenvalue weighted by molar-refractivity contribution is 9.10. The first-order chi connectivity index (χ1) is 10.0. The topological polar surface area (TPSA) is 72.0 Å². The molecule has 108 valence electrons. The van der Waals surface area contributed by atoms with Crippen molar-refractivity contribution in [2.24, 2.45) is 5.73 Å². The lowest BCUT2D eigenvalue weighted by Gasteiger charge is -2.12. The van der Waals surface area contributed by atoms with Gasteiger partial charge in [-0.05, 0) is 65.0 Å². The van der Waals surface area contributed by atoms with Crippen LogP contribution in [0.4, 0.5) is 0 Å². The van der Waals surface area contributed by atoms with Crippen molar-refractivity contribution in [3.8, 4) is 11.6 Å². The largest absolute Gasteiger partial charge is 0.437 e. The van der Waals surface area contributed by atoms with Crippen molar-refractivity contribution in [2.75, 3.05) is 0 Å². The van der Waals surface area contributed by atoms with Gasteiger partial charge in [-0.15, -0.1) is 0 Å². The lowest BCUT2D eigenvalue weighted by Crippen LogP contribution is -2.14. The molecule has 1 aliphatic carbocycles. The number of aromatic nitrogens is 1. The van der Waals surface area contributed by atoms with Gasteiger partial charge in [-0.1, -0.05) is 11.6 Å². The molecular weight excluding hydrogens is 354 g/mol. The molecule has 1 heterocycles. The number of rotatable bonds is 3. The van der Waals surface area contributed by atoms with Gasteiger partial charge in [0.05, 0.1) is 10.0 Å². The van der Waals surface area contributed by atoms with E-state index in [2.05, 4.69) is 20.9 Å². The third kappa shape index (κ3) is 2.89. The molecule has 0 atom stereocenters. The molecule has 0 spiro atoms. The number of hydrogen-bond donors (Lipinski definition) is 2. The van der Waals surface area contributed by atoms with Crippen LogP contribution in [0.1, 0.15) is 23.2 Å². The lowest BCUT2D eigenvalue weighted by atomic mass is 10.1. The van der Waals surface area contributed by atoms with Crippen molar-refractivity contribution in [2.45, 2.75) is 19.3 Å². The monoisotopic (exact) mass is 365 g/mol. The average Bonchev–Trinajstić information content (AvgIpc) is 2.88. The number of hydrogen-bond acceptors (Lipinski definition) is 3. The molecule has 0 amide bonds. The quantitative estimate of drug-likeness (QED) is 0.635. The molecular formula is C15H13BrClN3O. The first-order valence-corrected chi connectivity index (χ1v) is 7.72. The molecule has 0 bridgehead atoms. The third-order valence-electron chi connectivity index (χ3n) is 3.41. The normalized spacial score (nSPS) is 13.0. The number of ether oxygens (including phenoxy) is 1. The first kappa shape index (κ1) is 14.4. The van der Waals surface area contributed by atoms with E-state index in [0.29, 0.717) is 22.2 Å². The number of nitrogens with zero attached hydrogens (tertiary/aromatic N) is 1. The van der Waals surface area contributed by atoms with Crippen LogP contribution in [-0.2, 0) is 12.8 Å². The Labute approximate surface area is 135 Å². The Morgan fingerprint density at radius 1 is 1.33 bits per heavy atom. The molecule has 21 heavy (non-hydrogen) atoms. The summed E-state index contributed by atoms with van der Waals surface area (Å²) in [4.78, 5) is 4.54. The molecule has 4 nitrogen and oxygen atoms in total. The Hall–Kier alpha value is -1.59. The highest BCUT2D eigenvalue weighted by Gasteiger charge is 2.19. The summed E-state index contributed by atoms with van der Waals surface area (Å²) in [6, 6.07) is 7.15. The van der Waals surface area contributed by atoms with Gasteiger partial charge in [0.1, 0.15) is 11.6 Å². The molecule has 1 aromatic heterocycles. The van der Waals surface area contributed by atoms with Crippen molar-refractivity contribution >= 4 is 33.4 Å². The maximum absolute atomic E-state index is 7.72. The molecule has 0 saturated heterocycles. The molecule has 0 unspecified atom stereocenters. The molecule has 6 heteroatoms. The highest BCUT2D eigenvalue weighted by Crippen LogP contribution is 2.34. The van der Waals surface area contributed by atoms with Crippen molar-refractivity contribution in [3.63, 3.8) is 0 Å². The molecule has 2 aromatic rings. The Morgan fingerprint density at radius 3 is 2.86 bits per heavy atom. The number of fused-ring (bicyclic) bond motifs is 1.